The van der Waals surface area contributed by atoms with Crippen LogP contribution in [0.2, 0.25) is 0 Å². The van der Waals surface area contributed by atoms with Crippen LogP contribution in [0.25, 0.3) is 22.1 Å². The molecule has 8 nitrogen and oxygen atoms in total. The summed E-state index contributed by atoms with van der Waals surface area (Å²) in [5, 5.41) is 11.3. The fraction of sp³-hybridized carbons (Fsp3) is 0.385. The summed E-state index contributed by atoms with van der Waals surface area (Å²) in [6.07, 6.45) is 1.62. The average molecular weight is 468 g/mol. The van der Waals surface area contributed by atoms with E-state index in [1.54, 1.807) is 50.4 Å². The maximum atomic E-state index is 13.1. The molecule has 1 aromatic heterocycles. The molecule has 1 atom stereocenters. The highest BCUT2D eigenvalue weighted by Crippen LogP contribution is 2.35. The number of ether oxygens (including phenoxy) is 3. The Balaban J connectivity index is 1.71. The maximum Gasteiger partial charge on any atom is 0.344 e. The van der Waals surface area contributed by atoms with Gasteiger partial charge in [-0.3, -0.25) is 9.69 Å². The quantitative estimate of drug-likeness (QED) is 0.412. The number of nitrogens with zero attached hydrogens (tertiary/aromatic N) is 1. The lowest BCUT2D eigenvalue weighted by molar-refractivity contribution is -0.150. The zero-order chi connectivity index (χ0) is 24.2. The lowest BCUT2D eigenvalue weighted by Crippen LogP contribution is -2.39. The summed E-state index contributed by atoms with van der Waals surface area (Å²) in [6.45, 7) is 3.80. The molecule has 8 heteroatoms. The van der Waals surface area contributed by atoms with Crippen molar-refractivity contribution in [2.24, 2.45) is 5.92 Å². The van der Waals surface area contributed by atoms with E-state index in [9.17, 15) is 14.7 Å². The predicted octanol–water partition coefficient (Wildman–Crippen LogP) is 3.96. The first-order valence-electron chi connectivity index (χ1n) is 11.3. The van der Waals surface area contributed by atoms with Crippen molar-refractivity contribution in [1.82, 2.24) is 4.90 Å². The van der Waals surface area contributed by atoms with E-state index in [4.69, 9.17) is 18.6 Å². The molecule has 1 aliphatic rings. The van der Waals surface area contributed by atoms with Gasteiger partial charge in [-0.05, 0) is 62.7 Å². The Morgan fingerprint density at radius 1 is 1.15 bits per heavy atom. The van der Waals surface area contributed by atoms with E-state index in [1.165, 1.54) is 7.11 Å². The van der Waals surface area contributed by atoms with Crippen LogP contribution in [0.1, 0.15) is 25.3 Å². The lowest BCUT2D eigenvalue weighted by atomic mass is 9.97. The average Bonchev–Trinajstić information content (AvgIpc) is 2.85. The summed E-state index contributed by atoms with van der Waals surface area (Å²) in [7, 11) is 3.09. The van der Waals surface area contributed by atoms with E-state index < -0.39 is 5.63 Å². The fourth-order valence-electron chi connectivity index (χ4n) is 4.47. The van der Waals surface area contributed by atoms with Gasteiger partial charge in [0.25, 0.3) is 0 Å². The van der Waals surface area contributed by atoms with Crippen molar-refractivity contribution in [2.45, 2.75) is 26.3 Å². The second-order valence-electron chi connectivity index (χ2n) is 8.32. The van der Waals surface area contributed by atoms with E-state index >= 15 is 0 Å². The van der Waals surface area contributed by atoms with E-state index in [1.807, 2.05) is 0 Å². The van der Waals surface area contributed by atoms with E-state index in [2.05, 4.69) is 4.90 Å². The summed E-state index contributed by atoms with van der Waals surface area (Å²) in [5.74, 6) is 0.746. The molecular formula is C26H29NO7. The Labute approximate surface area is 197 Å². The van der Waals surface area contributed by atoms with Crippen LogP contribution in [0, 0.1) is 5.92 Å². The summed E-state index contributed by atoms with van der Waals surface area (Å²) < 4.78 is 21.7. The van der Waals surface area contributed by atoms with Crippen molar-refractivity contribution in [1.29, 1.82) is 0 Å². The zero-order valence-electron chi connectivity index (χ0n) is 19.6. The third kappa shape index (κ3) is 4.72. The van der Waals surface area contributed by atoms with Crippen molar-refractivity contribution < 1.29 is 28.5 Å². The third-order valence-electron chi connectivity index (χ3n) is 6.18. The van der Waals surface area contributed by atoms with Crippen molar-refractivity contribution in [3.8, 4) is 28.4 Å². The fourth-order valence-corrected chi connectivity index (χ4v) is 4.47. The second-order valence-corrected chi connectivity index (χ2v) is 8.32. The number of carbonyl (C=O) groups is 1. The number of piperidine rings is 1. The van der Waals surface area contributed by atoms with Crippen molar-refractivity contribution in [3.63, 3.8) is 0 Å². The number of likely N-dealkylation sites (tertiary alicyclic amines) is 1. The smallest absolute Gasteiger partial charge is 0.344 e. The minimum absolute atomic E-state index is 0.0422. The molecule has 0 spiro atoms. The largest absolute Gasteiger partial charge is 0.507 e. The Hall–Kier alpha value is -3.52. The van der Waals surface area contributed by atoms with Gasteiger partial charge in [0.1, 0.15) is 22.8 Å². The van der Waals surface area contributed by atoms with Crippen LogP contribution in [0.15, 0.2) is 45.6 Å². The number of methoxy groups -OCH3 is 2. The molecule has 4 rings (SSSR count). The molecule has 3 aromatic rings. The Bertz CT molecular complexity index is 1250. The minimum atomic E-state index is -0.547. The molecule has 0 amide bonds. The molecule has 1 unspecified atom stereocenters. The molecule has 0 saturated carbocycles. The number of benzene rings is 2. The molecule has 34 heavy (non-hydrogen) atoms. The first kappa shape index (κ1) is 23.6. The van der Waals surface area contributed by atoms with Crippen LogP contribution in [-0.4, -0.2) is 49.9 Å². The van der Waals surface area contributed by atoms with Crippen LogP contribution < -0.4 is 15.1 Å². The first-order valence-corrected chi connectivity index (χ1v) is 11.3. The normalized spacial score (nSPS) is 16.4. The van der Waals surface area contributed by atoms with Crippen molar-refractivity contribution in [2.75, 3.05) is 33.9 Å². The number of fused-ring (bicyclic) bond motifs is 1. The number of hydrogen-bond donors (Lipinski definition) is 1. The van der Waals surface area contributed by atoms with Crippen LogP contribution in [0.5, 0.6) is 17.2 Å². The number of esters is 1. The molecule has 1 aliphatic heterocycles. The molecule has 1 fully saturated rings. The van der Waals surface area contributed by atoms with Gasteiger partial charge in [-0.2, -0.15) is 0 Å². The maximum absolute atomic E-state index is 13.1. The molecule has 0 bridgehead atoms. The number of rotatable bonds is 7. The summed E-state index contributed by atoms with van der Waals surface area (Å²) in [6, 6.07) is 10.3. The van der Waals surface area contributed by atoms with Crippen LogP contribution in [-0.2, 0) is 16.1 Å². The van der Waals surface area contributed by atoms with Gasteiger partial charge in [-0.1, -0.05) is 0 Å². The van der Waals surface area contributed by atoms with Crippen LogP contribution in [0.4, 0.5) is 0 Å². The van der Waals surface area contributed by atoms with Gasteiger partial charge in [0.2, 0.25) is 0 Å². The van der Waals surface area contributed by atoms with Crippen molar-refractivity contribution in [3.05, 3.63) is 52.4 Å². The number of phenols is 1. The monoisotopic (exact) mass is 467 g/mol. The standard InChI is InChI=1S/C26H29NO7/c1-4-33-25(29)17-6-5-11-27(14-17)15-21-22(28)9-7-16-12-20(26(30)34-24(16)21)19-13-18(31-2)8-10-23(19)32-3/h7-10,12-13,17,28H,4-6,11,14-15H2,1-3H3. The van der Waals surface area contributed by atoms with E-state index in [0.29, 0.717) is 58.9 Å². The van der Waals surface area contributed by atoms with Gasteiger partial charge in [-0.25, -0.2) is 4.79 Å². The third-order valence-corrected chi connectivity index (χ3v) is 6.18. The highest BCUT2D eigenvalue weighted by molar-refractivity contribution is 5.87. The number of aromatic hydroxyl groups is 1. The number of phenolic OH excluding ortho intramolecular Hbond substituents is 1. The molecule has 2 aromatic carbocycles. The van der Waals surface area contributed by atoms with Crippen LogP contribution >= 0.6 is 0 Å². The number of hydrogen-bond acceptors (Lipinski definition) is 8. The van der Waals surface area contributed by atoms with E-state index in [0.717, 1.165) is 19.4 Å². The highest BCUT2D eigenvalue weighted by atomic mass is 16.5. The number of carbonyl (C=O) groups excluding carboxylic acids is 1. The van der Waals surface area contributed by atoms with Gasteiger partial charge in [-0.15, -0.1) is 0 Å². The molecule has 180 valence electrons. The molecular weight excluding hydrogens is 438 g/mol. The Kier molecular flexibility index (Phi) is 7.07. The summed E-state index contributed by atoms with van der Waals surface area (Å²) >= 11 is 0. The summed E-state index contributed by atoms with van der Waals surface area (Å²) in [5.41, 5.74) is 1.19. The van der Waals surface area contributed by atoms with Crippen LogP contribution in [0.3, 0.4) is 0 Å². The van der Waals surface area contributed by atoms with Gasteiger partial charge >= 0.3 is 11.6 Å². The van der Waals surface area contributed by atoms with E-state index in [-0.39, 0.29) is 17.6 Å². The predicted molar refractivity (Wildman–Crippen MR) is 127 cm³/mol. The van der Waals surface area contributed by atoms with Crippen molar-refractivity contribution >= 4 is 16.9 Å². The van der Waals surface area contributed by atoms with Gasteiger partial charge in [0, 0.05) is 24.0 Å². The van der Waals surface area contributed by atoms with Gasteiger partial charge in [0.05, 0.1) is 37.9 Å². The van der Waals surface area contributed by atoms with Gasteiger partial charge in [0.15, 0.2) is 0 Å². The molecule has 1 saturated heterocycles. The molecule has 1 N–H and O–H groups in total. The highest BCUT2D eigenvalue weighted by Gasteiger charge is 2.28. The zero-order valence-corrected chi connectivity index (χ0v) is 19.6. The molecule has 0 aliphatic carbocycles. The first-order chi connectivity index (χ1) is 16.4. The lowest BCUT2D eigenvalue weighted by Gasteiger charge is -2.31. The summed E-state index contributed by atoms with van der Waals surface area (Å²) in [4.78, 5) is 27.3. The SMILES string of the molecule is CCOC(=O)C1CCCN(Cc2c(O)ccc3cc(-c4cc(OC)ccc4OC)c(=O)oc23)C1. The topological polar surface area (TPSA) is 98.4 Å². The Morgan fingerprint density at radius 3 is 2.71 bits per heavy atom. The molecule has 0 radical (unpaired) electrons. The second kappa shape index (κ2) is 10.2. The minimum Gasteiger partial charge on any atom is -0.507 e. The molecule has 2 heterocycles. The Morgan fingerprint density at radius 2 is 1.97 bits per heavy atom. The van der Waals surface area contributed by atoms with Gasteiger partial charge < -0.3 is 23.7 Å².